The first kappa shape index (κ1) is 21.9. The predicted octanol–water partition coefficient (Wildman–Crippen LogP) is 3.42. The second-order valence-corrected chi connectivity index (χ2v) is 10.2. The molecule has 30 heavy (non-hydrogen) atoms. The zero-order valence-corrected chi connectivity index (χ0v) is 18.4. The second kappa shape index (κ2) is 8.53. The Morgan fingerprint density at radius 2 is 1.77 bits per heavy atom. The van der Waals surface area contributed by atoms with Gasteiger partial charge in [0.15, 0.2) is 9.84 Å². The average Bonchev–Trinajstić information content (AvgIpc) is 3.12. The van der Waals surface area contributed by atoms with Gasteiger partial charge in [-0.15, -0.1) is 0 Å². The molecule has 0 saturated carbocycles. The number of benzene rings is 1. The SMILES string of the molecule is CC(C)(C)c1cc(NC(=O)CCS(=O)(=O)c2ccc(Cl)cc2)n(-c2ncccn2)n1. The van der Waals surface area contributed by atoms with E-state index in [-0.39, 0.29) is 22.5 Å². The maximum atomic E-state index is 12.5. The maximum Gasteiger partial charge on any atom is 0.252 e. The summed E-state index contributed by atoms with van der Waals surface area (Å²) in [5.74, 6) is -0.107. The summed E-state index contributed by atoms with van der Waals surface area (Å²) in [6.07, 6.45) is 2.94. The van der Waals surface area contributed by atoms with Gasteiger partial charge >= 0.3 is 0 Å². The molecule has 0 radical (unpaired) electrons. The van der Waals surface area contributed by atoms with Crippen molar-refractivity contribution in [3.8, 4) is 5.95 Å². The lowest BCUT2D eigenvalue weighted by atomic mass is 9.92. The van der Waals surface area contributed by atoms with E-state index in [1.807, 2.05) is 20.8 Å². The molecular weight excluding hydrogens is 426 g/mol. The van der Waals surface area contributed by atoms with Gasteiger partial charge in [0, 0.05) is 35.3 Å². The van der Waals surface area contributed by atoms with Gasteiger partial charge in [-0.25, -0.2) is 18.4 Å². The molecule has 1 N–H and O–H groups in total. The number of nitrogens with one attached hydrogen (secondary N) is 1. The quantitative estimate of drug-likeness (QED) is 0.620. The number of nitrogens with zero attached hydrogens (tertiary/aromatic N) is 4. The topological polar surface area (TPSA) is 107 Å². The Morgan fingerprint density at radius 3 is 2.37 bits per heavy atom. The fourth-order valence-electron chi connectivity index (χ4n) is 2.58. The van der Waals surface area contributed by atoms with Crippen molar-refractivity contribution in [2.24, 2.45) is 0 Å². The predicted molar refractivity (Wildman–Crippen MR) is 115 cm³/mol. The third-order valence-corrected chi connectivity index (χ3v) is 6.24. The van der Waals surface area contributed by atoms with E-state index in [2.05, 4.69) is 20.4 Å². The molecule has 3 rings (SSSR count). The van der Waals surface area contributed by atoms with E-state index < -0.39 is 15.7 Å². The highest BCUT2D eigenvalue weighted by atomic mass is 35.5. The maximum absolute atomic E-state index is 12.5. The zero-order chi connectivity index (χ0) is 21.9. The number of rotatable bonds is 6. The van der Waals surface area contributed by atoms with Crippen LogP contribution < -0.4 is 5.32 Å². The fourth-order valence-corrected chi connectivity index (χ4v) is 3.95. The van der Waals surface area contributed by atoms with E-state index in [9.17, 15) is 13.2 Å². The molecule has 0 saturated heterocycles. The summed E-state index contributed by atoms with van der Waals surface area (Å²) in [6, 6.07) is 9.27. The van der Waals surface area contributed by atoms with Crippen LogP contribution in [0.3, 0.4) is 0 Å². The van der Waals surface area contributed by atoms with Crippen LogP contribution in [-0.4, -0.2) is 39.8 Å². The van der Waals surface area contributed by atoms with Crippen molar-refractivity contribution >= 4 is 33.2 Å². The molecule has 0 fully saturated rings. The lowest BCUT2D eigenvalue weighted by molar-refractivity contribution is -0.115. The lowest BCUT2D eigenvalue weighted by Gasteiger charge is -2.13. The molecule has 0 spiro atoms. The summed E-state index contributed by atoms with van der Waals surface area (Å²) < 4.78 is 26.4. The molecule has 2 heterocycles. The van der Waals surface area contributed by atoms with Crippen LogP contribution in [-0.2, 0) is 20.0 Å². The number of hydrogen-bond donors (Lipinski definition) is 1. The number of hydrogen-bond acceptors (Lipinski definition) is 6. The largest absolute Gasteiger partial charge is 0.310 e. The fraction of sp³-hybridized carbons (Fsp3) is 0.300. The number of halogens is 1. The van der Waals surface area contributed by atoms with Gasteiger partial charge in [-0.1, -0.05) is 32.4 Å². The van der Waals surface area contributed by atoms with Gasteiger partial charge in [0.25, 0.3) is 5.95 Å². The smallest absolute Gasteiger partial charge is 0.252 e. The Hall–Kier alpha value is -2.78. The van der Waals surface area contributed by atoms with Gasteiger partial charge in [-0.2, -0.15) is 9.78 Å². The minimum Gasteiger partial charge on any atom is -0.310 e. The van der Waals surface area contributed by atoms with Gasteiger partial charge in [0.1, 0.15) is 5.82 Å². The molecule has 1 aromatic carbocycles. The summed E-state index contributed by atoms with van der Waals surface area (Å²) in [4.78, 5) is 21.0. The summed E-state index contributed by atoms with van der Waals surface area (Å²) in [5, 5.41) is 7.69. The Balaban J connectivity index is 1.77. The van der Waals surface area contributed by atoms with Crippen LogP contribution in [0.25, 0.3) is 5.95 Å². The van der Waals surface area contributed by atoms with Gasteiger partial charge in [-0.3, -0.25) is 4.79 Å². The Kier molecular flexibility index (Phi) is 6.23. The van der Waals surface area contributed by atoms with Gasteiger partial charge in [0.2, 0.25) is 5.91 Å². The van der Waals surface area contributed by atoms with E-state index in [1.165, 1.54) is 28.9 Å². The number of anilines is 1. The number of aromatic nitrogens is 4. The van der Waals surface area contributed by atoms with Crippen molar-refractivity contribution in [2.45, 2.75) is 37.5 Å². The molecule has 0 aliphatic heterocycles. The molecule has 0 aliphatic rings. The molecule has 0 atom stereocenters. The van der Waals surface area contributed by atoms with E-state index >= 15 is 0 Å². The minimum absolute atomic E-state index is 0.123. The van der Waals surface area contributed by atoms with Crippen LogP contribution in [0.5, 0.6) is 0 Å². The first-order chi connectivity index (χ1) is 14.1. The lowest BCUT2D eigenvalue weighted by Crippen LogP contribution is -2.19. The Labute approximate surface area is 180 Å². The number of carbonyl (C=O) groups is 1. The van der Waals surface area contributed by atoms with Crippen molar-refractivity contribution < 1.29 is 13.2 Å². The highest BCUT2D eigenvalue weighted by Crippen LogP contribution is 2.25. The van der Waals surface area contributed by atoms with Crippen LogP contribution in [0.2, 0.25) is 5.02 Å². The monoisotopic (exact) mass is 447 g/mol. The summed E-state index contributed by atoms with van der Waals surface area (Å²) in [7, 11) is -3.61. The van der Waals surface area contributed by atoms with Crippen molar-refractivity contribution in [1.29, 1.82) is 0 Å². The second-order valence-electron chi connectivity index (χ2n) is 7.70. The van der Waals surface area contributed by atoms with Crippen molar-refractivity contribution in [3.63, 3.8) is 0 Å². The average molecular weight is 448 g/mol. The standard InChI is InChI=1S/C20H22ClN5O3S/c1-20(2,3)16-13-17(26(25-16)19-22-10-4-11-23-19)24-18(27)9-12-30(28,29)15-7-5-14(21)6-8-15/h4-8,10-11,13H,9,12H2,1-3H3,(H,24,27). The van der Waals surface area contributed by atoms with Crippen LogP contribution in [0.15, 0.2) is 53.7 Å². The molecule has 3 aromatic rings. The number of sulfone groups is 1. The van der Waals surface area contributed by atoms with Gasteiger partial charge in [0.05, 0.1) is 16.3 Å². The number of carbonyl (C=O) groups excluding carboxylic acids is 1. The molecular formula is C20H22ClN5O3S. The van der Waals surface area contributed by atoms with Crippen molar-refractivity contribution in [2.75, 3.05) is 11.1 Å². The van der Waals surface area contributed by atoms with Crippen LogP contribution in [0.4, 0.5) is 5.82 Å². The van der Waals surface area contributed by atoms with E-state index in [1.54, 1.807) is 24.5 Å². The highest BCUT2D eigenvalue weighted by molar-refractivity contribution is 7.91. The number of amides is 1. The zero-order valence-electron chi connectivity index (χ0n) is 16.8. The van der Waals surface area contributed by atoms with E-state index in [4.69, 9.17) is 11.6 Å². The minimum atomic E-state index is -3.61. The van der Waals surface area contributed by atoms with Crippen LogP contribution in [0, 0.1) is 0 Å². The molecule has 2 aromatic heterocycles. The normalized spacial score (nSPS) is 12.0. The molecule has 158 valence electrons. The third kappa shape index (κ3) is 5.22. The molecule has 0 unspecified atom stereocenters. The molecule has 0 aliphatic carbocycles. The highest BCUT2D eigenvalue weighted by Gasteiger charge is 2.23. The van der Waals surface area contributed by atoms with E-state index in [0.29, 0.717) is 16.8 Å². The van der Waals surface area contributed by atoms with Gasteiger partial charge in [-0.05, 0) is 30.3 Å². The van der Waals surface area contributed by atoms with Crippen LogP contribution >= 0.6 is 11.6 Å². The van der Waals surface area contributed by atoms with Gasteiger partial charge < -0.3 is 5.32 Å². The van der Waals surface area contributed by atoms with Crippen molar-refractivity contribution in [3.05, 3.63) is 59.5 Å². The first-order valence-electron chi connectivity index (χ1n) is 9.22. The molecule has 8 nitrogen and oxygen atoms in total. The van der Waals surface area contributed by atoms with Crippen molar-refractivity contribution in [1.82, 2.24) is 19.7 Å². The Bertz CT molecular complexity index is 1140. The van der Waals surface area contributed by atoms with Crippen LogP contribution in [0.1, 0.15) is 32.9 Å². The third-order valence-electron chi connectivity index (χ3n) is 4.26. The summed E-state index contributed by atoms with van der Waals surface area (Å²) in [5.41, 5.74) is 0.469. The first-order valence-corrected chi connectivity index (χ1v) is 11.3. The van der Waals surface area contributed by atoms with E-state index in [0.717, 1.165) is 5.69 Å². The summed E-state index contributed by atoms with van der Waals surface area (Å²) >= 11 is 5.80. The Morgan fingerprint density at radius 1 is 1.13 bits per heavy atom. The molecule has 10 heteroatoms. The summed E-state index contributed by atoms with van der Waals surface area (Å²) in [6.45, 7) is 5.99. The molecule has 0 bridgehead atoms. The molecule has 1 amide bonds.